The fourth-order valence-corrected chi connectivity index (χ4v) is 3.38. The SMILES string of the molecule is Cc1cc(Br)ccc1O[C@H]1O[C@H](CO)[C@@H](O)[C@H](O)[C@@]1(O)C#Cc1ccccc1. The number of ether oxygens (including phenoxy) is 2. The molecule has 6 nitrogen and oxygen atoms in total. The summed E-state index contributed by atoms with van der Waals surface area (Å²) in [6, 6.07) is 14.2. The van der Waals surface area contributed by atoms with E-state index in [1.54, 1.807) is 36.4 Å². The minimum Gasteiger partial charge on any atom is -0.460 e. The van der Waals surface area contributed by atoms with E-state index in [0.29, 0.717) is 11.3 Å². The molecular weight excluding hydrogens is 428 g/mol. The van der Waals surface area contributed by atoms with Crippen molar-refractivity contribution in [3.05, 3.63) is 64.1 Å². The highest BCUT2D eigenvalue weighted by molar-refractivity contribution is 9.10. The van der Waals surface area contributed by atoms with Crippen LogP contribution in [-0.4, -0.2) is 57.2 Å². The van der Waals surface area contributed by atoms with Gasteiger partial charge in [0.05, 0.1) is 6.61 Å². The molecule has 1 saturated heterocycles. The van der Waals surface area contributed by atoms with Gasteiger partial charge in [0.25, 0.3) is 0 Å². The summed E-state index contributed by atoms with van der Waals surface area (Å²) >= 11 is 3.37. The Labute approximate surface area is 171 Å². The average molecular weight is 449 g/mol. The van der Waals surface area contributed by atoms with E-state index in [1.807, 2.05) is 19.1 Å². The quantitative estimate of drug-likeness (QED) is 0.529. The van der Waals surface area contributed by atoms with Crippen molar-refractivity contribution >= 4 is 15.9 Å². The zero-order valence-electron chi connectivity index (χ0n) is 15.1. The van der Waals surface area contributed by atoms with Crippen LogP contribution >= 0.6 is 15.9 Å². The van der Waals surface area contributed by atoms with E-state index in [9.17, 15) is 20.4 Å². The summed E-state index contributed by atoms with van der Waals surface area (Å²) in [5.74, 6) is 5.78. The third kappa shape index (κ3) is 4.23. The van der Waals surface area contributed by atoms with Gasteiger partial charge in [0.15, 0.2) is 0 Å². The first-order valence-corrected chi connectivity index (χ1v) is 9.50. The van der Waals surface area contributed by atoms with Gasteiger partial charge < -0.3 is 29.9 Å². The lowest BCUT2D eigenvalue weighted by Gasteiger charge is -2.45. The van der Waals surface area contributed by atoms with E-state index in [1.165, 1.54) is 0 Å². The Morgan fingerprint density at radius 3 is 2.54 bits per heavy atom. The molecule has 1 aliphatic heterocycles. The first-order chi connectivity index (χ1) is 13.3. The standard InChI is InChI=1S/C21H21BrO6/c1-13-11-15(22)7-8-16(13)27-20-21(26,10-9-14-5-3-2-4-6-14)19(25)18(24)17(12-23)28-20/h2-8,11,17-20,23-26H,12H2,1H3/t17-,18-,19+,20+,21+/m1/s1. The van der Waals surface area contributed by atoms with Crippen molar-refractivity contribution in [2.24, 2.45) is 0 Å². The first kappa shape index (κ1) is 20.8. The molecule has 5 atom stereocenters. The normalized spacial score (nSPS) is 29.6. The molecule has 28 heavy (non-hydrogen) atoms. The van der Waals surface area contributed by atoms with Crippen LogP contribution in [0.3, 0.4) is 0 Å². The van der Waals surface area contributed by atoms with Gasteiger partial charge in [-0.15, -0.1) is 0 Å². The predicted molar refractivity (Wildman–Crippen MR) is 106 cm³/mol. The number of aryl methyl sites for hydroxylation is 1. The van der Waals surface area contributed by atoms with Crippen LogP contribution in [0.1, 0.15) is 11.1 Å². The second kappa shape index (κ2) is 8.62. The van der Waals surface area contributed by atoms with Crippen molar-refractivity contribution in [3.8, 4) is 17.6 Å². The van der Waals surface area contributed by atoms with Gasteiger partial charge >= 0.3 is 0 Å². The van der Waals surface area contributed by atoms with Crippen molar-refractivity contribution in [1.82, 2.24) is 0 Å². The summed E-state index contributed by atoms with van der Waals surface area (Å²) in [7, 11) is 0. The lowest BCUT2D eigenvalue weighted by molar-refractivity contribution is -0.301. The second-order valence-electron chi connectivity index (χ2n) is 6.59. The number of benzene rings is 2. The zero-order valence-corrected chi connectivity index (χ0v) is 16.7. The van der Waals surface area contributed by atoms with Crippen molar-refractivity contribution in [2.75, 3.05) is 6.61 Å². The number of rotatable bonds is 3. The monoisotopic (exact) mass is 448 g/mol. The summed E-state index contributed by atoms with van der Waals surface area (Å²) in [5, 5.41) is 41.4. The predicted octanol–water partition coefficient (Wildman–Crippen LogP) is 1.36. The highest BCUT2D eigenvalue weighted by Crippen LogP contribution is 2.33. The Morgan fingerprint density at radius 2 is 1.89 bits per heavy atom. The fraction of sp³-hybridized carbons (Fsp3) is 0.333. The number of hydrogen-bond acceptors (Lipinski definition) is 6. The molecule has 2 aromatic rings. The van der Waals surface area contributed by atoms with Crippen LogP contribution < -0.4 is 4.74 Å². The van der Waals surface area contributed by atoms with Crippen molar-refractivity contribution in [3.63, 3.8) is 0 Å². The van der Waals surface area contributed by atoms with E-state index in [2.05, 4.69) is 27.8 Å². The van der Waals surface area contributed by atoms with E-state index in [0.717, 1.165) is 10.0 Å². The summed E-state index contributed by atoms with van der Waals surface area (Å²) in [5.41, 5.74) is -0.849. The van der Waals surface area contributed by atoms with Gasteiger partial charge in [0.2, 0.25) is 11.9 Å². The number of hydrogen-bond donors (Lipinski definition) is 4. The molecule has 0 aliphatic carbocycles. The van der Waals surface area contributed by atoms with Gasteiger partial charge in [-0.1, -0.05) is 46.0 Å². The van der Waals surface area contributed by atoms with Gasteiger partial charge in [-0.05, 0) is 42.8 Å². The minimum atomic E-state index is -2.22. The van der Waals surface area contributed by atoms with Crippen LogP contribution in [0.25, 0.3) is 0 Å². The molecule has 148 valence electrons. The van der Waals surface area contributed by atoms with Gasteiger partial charge in [-0.25, -0.2) is 0 Å². The lowest BCUT2D eigenvalue weighted by atomic mass is 9.86. The fourth-order valence-electron chi connectivity index (χ4n) is 2.90. The summed E-state index contributed by atoms with van der Waals surface area (Å²) in [6.07, 6.45) is -5.81. The molecule has 0 radical (unpaired) electrons. The first-order valence-electron chi connectivity index (χ1n) is 8.71. The third-order valence-corrected chi connectivity index (χ3v) is 5.04. The third-order valence-electron chi connectivity index (χ3n) is 4.54. The van der Waals surface area contributed by atoms with Gasteiger partial charge in [-0.3, -0.25) is 0 Å². The van der Waals surface area contributed by atoms with E-state index in [-0.39, 0.29) is 0 Å². The average Bonchev–Trinajstić information content (AvgIpc) is 2.69. The second-order valence-corrected chi connectivity index (χ2v) is 7.51. The molecule has 3 rings (SSSR count). The lowest BCUT2D eigenvalue weighted by Crippen LogP contribution is -2.67. The highest BCUT2D eigenvalue weighted by Gasteiger charge is 2.55. The molecular formula is C21H21BrO6. The molecule has 0 spiro atoms. The number of aliphatic hydroxyl groups excluding tert-OH is 3. The molecule has 0 bridgehead atoms. The molecule has 7 heteroatoms. The molecule has 0 unspecified atom stereocenters. The molecule has 0 saturated carbocycles. The Bertz CT molecular complexity index is 877. The van der Waals surface area contributed by atoms with E-state index < -0.39 is 36.8 Å². The van der Waals surface area contributed by atoms with Crippen LogP contribution in [0.5, 0.6) is 5.75 Å². The maximum atomic E-state index is 11.1. The Balaban J connectivity index is 1.98. The summed E-state index contributed by atoms with van der Waals surface area (Å²) < 4.78 is 12.2. The molecule has 2 aromatic carbocycles. The largest absolute Gasteiger partial charge is 0.460 e. The molecule has 1 fully saturated rings. The Kier molecular flexibility index (Phi) is 6.40. The van der Waals surface area contributed by atoms with Crippen LogP contribution in [-0.2, 0) is 4.74 Å². The van der Waals surface area contributed by atoms with Gasteiger partial charge in [0, 0.05) is 10.0 Å². The molecule has 1 aliphatic rings. The Morgan fingerprint density at radius 1 is 1.18 bits per heavy atom. The minimum absolute atomic E-state index is 0.411. The molecule has 4 N–H and O–H groups in total. The van der Waals surface area contributed by atoms with Crippen molar-refractivity contribution in [2.45, 2.75) is 37.1 Å². The maximum absolute atomic E-state index is 11.1. The molecule has 1 heterocycles. The Hall–Kier alpha value is -1.92. The van der Waals surface area contributed by atoms with Crippen LogP contribution in [0.2, 0.25) is 0 Å². The number of aliphatic hydroxyl groups is 4. The highest BCUT2D eigenvalue weighted by atomic mass is 79.9. The van der Waals surface area contributed by atoms with Gasteiger partial charge in [-0.2, -0.15) is 0 Å². The molecule has 0 amide bonds. The topological polar surface area (TPSA) is 99.4 Å². The van der Waals surface area contributed by atoms with Crippen LogP contribution in [0, 0.1) is 18.8 Å². The van der Waals surface area contributed by atoms with Crippen molar-refractivity contribution < 1.29 is 29.9 Å². The maximum Gasteiger partial charge on any atom is 0.243 e. The smallest absolute Gasteiger partial charge is 0.243 e. The van der Waals surface area contributed by atoms with Crippen LogP contribution in [0.4, 0.5) is 0 Å². The van der Waals surface area contributed by atoms with Crippen LogP contribution in [0.15, 0.2) is 53.0 Å². The molecule has 0 aromatic heterocycles. The summed E-state index contributed by atoms with van der Waals surface area (Å²) in [4.78, 5) is 0. The van der Waals surface area contributed by atoms with Crippen molar-refractivity contribution in [1.29, 1.82) is 0 Å². The zero-order chi connectivity index (χ0) is 20.3. The van der Waals surface area contributed by atoms with E-state index >= 15 is 0 Å². The number of halogens is 1. The summed E-state index contributed by atoms with van der Waals surface area (Å²) in [6.45, 7) is 1.26. The van der Waals surface area contributed by atoms with Gasteiger partial charge in [0.1, 0.15) is 24.1 Å². The van der Waals surface area contributed by atoms with E-state index in [4.69, 9.17) is 9.47 Å².